The van der Waals surface area contributed by atoms with Crippen LogP contribution in [0.15, 0.2) is 0 Å². The van der Waals surface area contributed by atoms with Crippen molar-refractivity contribution in [3.05, 3.63) is 0 Å². The largest absolute Gasteiger partial charge is 0.381 e. The lowest BCUT2D eigenvalue weighted by Gasteiger charge is -2.32. The molecule has 1 saturated heterocycles. The van der Waals surface area contributed by atoms with Crippen LogP contribution in [0.3, 0.4) is 0 Å². The molecule has 1 N–H and O–H groups in total. The van der Waals surface area contributed by atoms with Gasteiger partial charge in [-0.1, -0.05) is 13.8 Å². The van der Waals surface area contributed by atoms with Crippen LogP contribution in [-0.4, -0.2) is 25.8 Å². The predicted octanol–water partition coefficient (Wildman–Crippen LogP) is 1.80. The highest BCUT2D eigenvalue weighted by molar-refractivity contribution is 4.91. The van der Waals surface area contributed by atoms with Crippen LogP contribution in [0.1, 0.15) is 33.1 Å². The Kier molecular flexibility index (Phi) is 2.61. The fourth-order valence-electron chi connectivity index (χ4n) is 2.06. The second kappa shape index (κ2) is 3.58. The van der Waals surface area contributed by atoms with Gasteiger partial charge in [0.25, 0.3) is 0 Å². The Morgan fingerprint density at radius 3 is 2.69 bits per heavy atom. The Balaban J connectivity index is 1.87. The van der Waals surface area contributed by atoms with Crippen LogP contribution in [0.4, 0.5) is 0 Å². The average molecular weight is 183 g/mol. The number of nitrogens with one attached hydrogen (secondary N) is 1. The molecule has 2 rings (SSSR count). The first kappa shape index (κ1) is 9.47. The number of hydrogen-bond donors (Lipinski definition) is 1. The molecule has 0 aromatic carbocycles. The zero-order chi connectivity index (χ0) is 9.31. The van der Waals surface area contributed by atoms with Crippen molar-refractivity contribution in [2.75, 3.05) is 19.8 Å². The molecule has 1 aliphatic heterocycles. The monoisotopic (exact) mass is 183 g/mol. The molecule has 0 aromatic heterocycles. The summed E-state index contributed by atoms with van der Waals surface area (Å²) < 4.78 is 5.53. The summed E-state index contributed by atoms with van der Waals surface area (Å²) in [6.45, 7) is 7.73. The first-order valence-corrected chi connectivity index (χ1v) is 5.54. The average Bonchev–Trinajstić information content (AvgIpc) is 2.80. The van der Waals surface area contributed by atoms with Crippen molar-refractivity contribution in [2.45, 2.75) is 39.2 Å². The fourth-order valence-corrected chi connectivity index (χ4v) is 2.06. The first-order chi connectivity index (χ1) is 6.23. The van der Waals surface area contributed by atoms with Crippen molar-refractivity contribution in [3.8, 4) is 0 Å². The molecular weight excluding hydrogens is 162 g/mol. The molecular formula is C11H21NO. The van der Waals surface area contributed by atoms with Gasteiger partial charge >= 0.3 is 0 Å². The summed E-state index contributed by atoms with van der Waals surface area (Å²) >= 11 is 0. The van der Waals surface area contributed by atoms with Gasteiger partial charge in [-0.15, -0.1) is 0 Å². The summed E-state index contributed by atoms with van der Waals surface area (Å²) in [5.74, 6) is 0.737. The van der Waals surface area contributed by atoms with E-state index >= 15 is 0 Å². The fraction of sp³-hybridized carbons (Fsp3) is 1.00. The van der Waals surface area contributed by atoms with Gasteiger partial charge in [0.1, 0.15) is 0 Å². The lowest BCUT2D eigenvalue weighted by molar-refractivity contribution is 0.117. The van der Waals surface area contributed by atoms with E-state index in [-0.39, 0.29) is 0 Å². The normalized spacial score (nSPS) is 34.4. The lowest BCUT2D eigenvalue weighted by atomic mass is 9.76. The zero-order valence-electron chi connectivity index (χ0n) is 8.81. The van der Waals surface area contributed by atoms with Gasteiger partial charge in [-0.25, -0.2) is 0 Å². The summed E-state index contributed by atoms with van der Waals surface area (Å²) in [7, 11) is 0. The van der Waals surface area contributed by atoms with E-state index in [1.165, 1.54) is 19.3 Å². The molecule has 0 radical (unpaired) electrons. The minimum atomic E-state index is 0.433. The molecule has 0 aromatic rings. The van der Waals surface area contributed by atoms with E-state index in [9.17, 15) is 0 Å². The first-order valence-electron chi connectivity index (χ1n) is 5.54. The van der Waals surface area contributed by atoms with Gasteiger partial charge in [0.2, 0.25) is 0 Å². The van der Waals surface area contributed by atoms with Crippen LogP contribution >= 0.6 is 0 Å². The maximum atomic E-state index is 5.53. The Hall–Kier alpha value is -0.0800. The smallest absolute Gasteiger partial charge is 0.0537 e. The van der Waals surface area contributed by atoms with Crippen molar-refractivity contribution >= 4 is 0 Å². The molecule has 0 bridgehead atoms. The van der Waals surface area contributed by atoms with E-state index in [0.717, 1.165) is 31.7 Å². The third kappa shape index (κ3) is 2.05. The molecule has 76 valence electrons. The highest BCUT2D eigenvalue weighted by atomic mass is 16.5. The van der Waals surface area contributed by atoms with Crippen LogP contribution < -0.4 is 5.32 Å². The minimum absolute atomic E-state index is 0.433. The van der Waals surface area contributed by atoms with E-state index in [1.54, 1.807) is 0 Å². The van der Waals surface area contributed by atoms with Crippen molar-refractivity contribution in [1.29, 1.82) is 0 Å². The quantitative estimate of drug-likeness (QED) is 0.717. The van der Waals surface area contributed by atoms with Crippen LogP contribution in [0.5, 0.6) is 0 Å². The van der Waals surface area contributed by atoms with Crippen LogP contribution in [0.2, 0.25) is 0 Å². The van der Waals surface area contributed by atoms with Gasteiger partial charge in [0, 0.05) is 24.6 Å². The highest BCUT2D eigenvalue weighted by Gasteiger charge is 2.38. The van der Waals surface area contributed by atoms with Crippen molar-refractivity contribution in [1.82, 2.24) is 5.32 Å². The Morgan fingerprint density at radius 1 is 1.46 bits per heavy atom. The maximum absolute atomic E-state index is 5.53. The number of rotatable bonds is 4. The van der Waals surface area contributed by atoms with Crippen LogP contribution in [0.25, 0.3) is 0 Å². The molecule has 2 fully saturated rings. The third-order valence-electron chi connectivity index (χ3n) is 3.68. The maximum Gasteiger partial charge on any atom is 0.0537 e. The summed E-state index contributed by atoms with van der Waals surface area (Å²) in [6, 6.07) is 0.830. The molecule has 1 aliphatic carbocycles. The van der Waals surface area contributed by atoms with Gasteiger partial charge in [0.05, 0.1) is 6.61 Å². The molecule has 1 heterocycles. The second-order valence-electron chi connectivity index (χ2n) is 4.97. The predicted molar refractivity (Wildman–Crippen MR) is 53.7 cm³/mol. The van der Waals surface area contributed by atoms with Crippen molar-refractivity contribution in [2.24, 2.45) is 11.3 Å². The molecule has 2 aliphatic rings. The molecule has 1 saturated carbocycles. The van der Waals surface area contributed by atoms with E-state index in [4.69, 9.17) is 4.74 Å². The van der Waals surface area contributed by atoms with Crippen LogP contribution in [-0.2, 0) is 4.74 Å². The molecule has 1 unspecified atom stereocenters. The Labute approximate surface area is 81.0 Å². The highest BCUT2D eigenvalue weighted by Crippen LogP contribution is 2.36. The van der Waals surface area contributed by atoms with Gasteiger partial charge in [-0.3, -0.25) is 0 Å². The molecule has 0 amide bonds. The standard InChI is InChI=1S/C11H21NO/c1-9(2)11(5-6-13-8-11)7-12-10-3-4-10/h9-10,12H,3-8H2,1-2H3. The molecule has 0 spiro atoms. The number of hydrogen-bond acceptors (Lipinski definition) is 2. The van der Waals surface area contributed by atoms with Gasteiger partial charge < -0.3 is 10.1 Å². The summed E-state index contributed by atoms with van der Waals surface area (Å²) in [5, 5.41) is 3.64. The number of ether oxygens (including phenoxy) is 1. The molecule has 13 heavy (non-hydrogen) atoms. The minimum Gasteiger partial charge on any atom is -0.381 e. The second-order valence-corrected chi connectivity index (χ2v) is 4.97. The van der Waals surface area contributed by atoms with Gasteiger partial charge in [-0.2, -0.15) is 0 Å². The topological polar surface area (TPSA) is 21.3 Å². The lowest BCUT2D eigenvalue weighted by Crippen LogP contribution is -2.39. The SMILES string of the molecule is CC(C)C1(CNC2CC2)CCOC1. The van der Waals surface area contributed by atoms with Crippen molar-refractivity contribution in [3.63, 3.8) is 0 Å². The van der Waals surface area contributed by atoms with Crippen molar-refractivity contribution < 1.29 is 4.74 Å². The summed E-state index contributed by atoms with van der Waals surface area (Å²) in [6.07, 6.45) is 4.01. The van der Waals surface area contributed by atoms with Gasteiger partial charge in [0.15, 0.2) is 0 Å². The van der Waals surface area contributed by atoms with Crippen LogP contribution in [0, 0.1) is 11.3 Å². The molecule has 1 atom stereocenters. The van der Waals surface area contributed by atoms with Gasteiger partial charge in [-0.05, 0) is 25.2 Å². The Morgan fingerprint density at radius 2 is 2.23 bits per heavy atom. The van der Waals surface area contributed by atoms with E-state index in [0.29, 0.717) is 5.41 Å². The summed E-state index contributed by atoms with van der Waals surface area (Å²) in [5.41, 5.74) is 0.433. The third-order valence-corrected chi connectivity index (χ3v) is 3.68. The molecule has 2 heteroatoms. The zero-order valence-corrected chi connectivity index (χ0v) is 8.81. The summed E-state index contributed by atoms with van der Waals surface area (Å²) in [4.78, 5) is 0. The van der Waals surface area contributed by atoms with E-state index < -0.39 is 0 Å². The van der Waals surface area contributed by atoms with E-state index in [2.05, 4.69) is 19.2 Å². The molecule has 2 nitrogen and oxygen atoms in total. The Bertz CT molecular complexity index is 169. The van der Waals surface area contributed by atoms with E-state index in [1.807, 2.05) is 0 Å².